The average molecular weight is 196 g/mol. The molecule has 1 aromatic rings. The highest BCUT2D eigenvalue weighted by Crippen LogP contribution is 2.28. The molecule has 0 spiro atoms. The minimum atomic E-state index is -1.16. The Morgan fingerprint density at radius 3 is 2.64 bits per heavy atom. The van der Waals surface area contributed by atoms with Crippen molar-refractivity contribution in [2.75, 3.05) is 7.11 Å². The van der Waals surface area contributed by atoms with E-state index in [-0.39, 0.29) is 17.3 Å². The van der Waals surface area contributed by atoms with Crippen LogP contribution in [0.5, 0.6) is 11.5 Å². The van der Waals surface area contributed by atoms with Crippen LogP contribution in [0, 0.1) is 0 Å². The number of carbonyl (C=O) groups excluding carboxylic acids is 1. The van der Waals surface area contributed by atoms with Gasteiger partial charge in [0, 0.05) is 0 Å². The standard InChI is InChI=1S/C10H12O4/c1-6(11)10(13)7-3-4-8(12)9(5-7)14-2/h3-5,10,12-13H,1-2H3/t10-/m0/s1. The molecule has 0 saturated heterocycles. The van der Waals surface area contributed by atoms with Gasteiger partial charge in [-0.15, -0.1) is 0 Å². The number of phenolic OH excluding ortho intramolecular Hbond substituents is 1. The maximum atomic E-state index is 10.9. The molecular formula is C10H12O4. The van der Waals surface area contributed by atoms with Crippen LogP contribution < -0.4 is 4.74 Å². The van der Waals surface area contributed by atoms with E-state index in [1.54, 1.807) is 0 Å². The number of rotatable bonds is 3. The van der Waals surface area contributed by atoms with Crippen molar-refractivity contribution in [1.82, 2.24) is 0 Å². The molecule has 0 aliphatic carbocycles. The summed E-state index contributed by atoms with van der Waals surface area (Å²) in [6.07, 6.45) is -1.16. The summed E-state index contributed by atoms with van der Waals surface area (Å²) in [5.74, 6) is -0.132. The van der Waals surface area contributed by atoms with Gasteiger partial charge in [-0.3, -0.25) is 4.79 Å². The molecule has 76 valence electrons. The van der Waals surface area contributed by atoms with Crippen LogP contribution in [0.25, 0.3) is 0 Å². The highest BCUT2D eigenvalue weighted by Gasteiger charge is 2.14. The fourth-order valence-electron chi connectivity index (χ4n) is 1.10. The Morgan fingerprint density at radius 2 is 2.14 bits per heavy atom. The number of hydrogen-bond acceptors (Lipinski definition) is 4. The summed E-state index contributed by atoms with van der Waals surface area (Å²) in [4.78, 5) is 10.9. The lowest BCUT2D eigenvalue weighted by Crippen LogP contribution is -2.07. The molecule has 0 aliphatic rings. The van der Waals surface area contributed by atoms with E-state index >= 15 is 0 Å². The Bertz CT molecular complexity index is 346. The van der Waals surface area contributed by atoms with Crippen LogP contribution in [0.15, 0.2) is 18.2 Å². The second-order valence-electron chi connectivity index (χ2n) is 2.94. The van der Waals surface area contributed by atoms with E-state index in [0.717, 1.165) is 0 Å². The first-order chi connectivity index (χ1) is 6.56. The van der Waals surface area contributed by atoms with E-state index < -0.39 is 6.10 Å². The molecule has 1 rings (SSSR count). The summed E-state index contributed by atoms with van der Waals surface area (Å²) in [5, 5.41) is 18.7. The van der Waals surface area contributed by atoms with E-state index in [1.165, 1.54) is 32.2 Å². The number of methoxy groups -OCH3 is 1. The number of phenols is 1. The largest absolute Gasteiger partial charge is 0.504 e. The molecule has 4 nitrogen and oxygen atoms in total. The number of carbonyl (C=O) groups is 1. The first-order valence-corrected chi connectivity index (χ1v) is 4.11. The summed E-state index contributed by atoms with van der Waals surface area (Å²) < 4.78 is 4.84. The van der Waals surface area contributed by atoms with Crippen LogP contribution >= 0.6 is 0 Å². The minimum Gasteiger partial charge on any atom is -0.504 e. The zero-order valence-corrected chi connectivity index (χ0v) is 8.02. The number of ether oxygens (including phenoxy) is 1. The van der Waals surface area contributed by atoms with Gasteiger partial charge in [-0.2, -0.15) is 0 Å². The second-order valence-corrected chi connectivity index (χ2v) is 2.94. The molecule has 0 heterocycles. The Labute approximate surface area is 81.8 Å². The number of aliphatic hydroxyl groups excluding tert-OH is 1. The molecule has 0 saturated carbocycles. The fourth-order valence-corrected chi connectivity index (χ4v) is 1.10. The summed E-state index contributed by atoms with van der Waals surface area (Å²) in [6.45, 7) is 1.30. The average Bonchev–Trinajstić information content (AvgIpc) is 2.17. The van der Waals surface area contributed by atoms with Gasteiger partial charge in [0.2, 0.25) is 0 Å². The molecule has 1 aromatic carbocycles. The van der Waals surface area contributed by atoms with Gasteiger partial charge in [-0.05, 0) is 24.6 Å². The molecule has 4 heteroatoms. The molecule has 0 aromatic heterocycles. The van der Waals surface area contributed by atoms with Crippen molar-refractivity contribution in [2.45, 2.75) is 13.0 Å². The first-order valence-electron chi connectivity index (χ1n) is 4.11. The van der Waals surface area contributed by atoms with Gasteiger partial charge < -0.3 is 14.9 Å². The highest BCUT2D eigenvalue weighted by molar-refractivity contribution is 5.81. The predicted molar refractivity (Wildman–Crippen MR) is 50.3 cm³/mol. The quantitative estimate of drug-likeness (QED) is 0.757. The third-order valence-corrected chi connectivity index (χ3v) is 1.90. The van der Waals surface area contributed by atoms with E-state index in [4.69, 9.17) is 4.74 Å². The van der Waals surface area contributed by atoms with Gasteiger partial charge >= 0.3 is 0 Å². The first kappa shape index (κ1) is 10.5. The number of ketones is 1. The summed E-state index contributed by atoms with van der Waals surface area (Å²) in [5.41, 5.74) is 0.409. The molecule has 1 atom stereocenters. The maximum Gasteiger partial charge on any atom is 0.162 e. The third kappa shape index (κ3) is 2.03. The second kappa shape index (κ2) is 4.11. The van der Waals surface area contributed by atoms with Gasteiger partial charge in [0.05, 0.1) is 7.11 Å². The Morgan fingerprint density at radius 1 is 1.50 bits per heavy atom. The zero-order chi connectivity index (χ0) is 10.7. The minimum absolute atomic E-state index is 0.0213. The monoisotopic (exact) mass is 196 g/mol. The smallest absolute Gasteiger partial charge is 0.162 e. The van der Waals surface area contributed by atoms with Gasteiger partial charge in [-0.25, -0.2) is 0 Å². The highest BCUT2D eigenvalue weighted by atomic mass is 16.5. The molecule has 0 radical (unpaired) electrons. The van der Waals surface area contributed by atoms with Crippen LogP contribution in [0.3, 0.4) is 0 Å². The van der Waals surface area contributed by atoms with Gasteiger partial charge in [0.1, 0.15) is 6.10 Å². The molecule has 0 unspecified atom stereocenters. The molecule has 14 heavy (non-hydrogen) atoms. The van der Waals surface area contributed by atoms with Gasteiger partial charge in [-0.1, -0.05) is 6.07 Å². The van der Waals surface area contributed by atoms with Crippen molar-refractivity contribution >= 4 is 5.78 Å². The van der Waals surface area contributed by atoms with E-state index in [0.29, 0.717) is 5.56 Å². The van der Waals surface area contributed by atoms with E-state index in [1.807, 2.05) is 0 Å². The van der Waals surface area contributed by atoms with Crippen molar-refractivity contribution in [2.24, 2.45) is 0 Å². The lowest BCUT2D eigenvalue weighted by Gasteiger charge is -2.09. The number of Topliss-reactive ketones (excluding diaryl/α,β-unsaturated/α-hetero) is 1. The molecule has 0 aliphatic heterocycles. The Kier molecular flexibility index (Phi) is 3.09. The lowest BCUT2D eigenvalue weighted by atomic mass is 10.1. The van der Waals surface area contributed by atoms with E-state index in [2.05, 4.69) is 0 Å². The lowest BCUT2D eigenvalue weighted by molar-refractivity contribution is -0.125. The Hall–Kier alpha value is -1.55. The van der Waals surface area contributed by atoms with Crippen LogP contribution in [-0.4, -0.2) is 23.1 Å². The fraction of sp³-hybridized carbons (Fsp3) is 0.300. The van der Waals surface area contributed by atoms with Crippen LogP contribution in [0.4, 0.5) is 0 Å². The van der Waals surface area contributed by atoms with Crippen LogP contribution in [0.1, 0.15) is 18.6 Å². The van der Waals surface area contributed by atoms with Gasteiger partial charge in [0.25, 0.3) is 0 Å². The van der Waals surface area contributed by atoms with Crippen molar-refractivity contribution in [1.29, 1.82) is 0 Å². The summed E-state index contributed by atoms with van der Waals surface area (Å²) in [6, 6.07) is 4.28. The van der Waals surface area contributed by atoms with Crippen LogP contribution in [-0.2, 0) is 4.79 Å². The van der Waals surface area contributed by atoms with E-state index in [9.17, 15) is 15.0 Å². The number of aromatic hydroxyl groups is 1. The molecule has 0 fully saturated rings. The molecule has 0 bridgehead atoms. The SMILES string of the molecule is COc1cc([C@@H](O)C(C)=O)ccc1O. The molecular weight excluding hydrogens is 184 g/mol. The number of benzene rings is 1. The molecule has 0 amide bonds. The Balaban J connectivity index is 3.06. The topological polar surface area (TPSA) is 66.8 Å². The molecule has 2 N–H and O–H groups in total. The summed E-state index contributed by atoms with van der Waals surface area (Å²) in [7, 11) is 1.40. The maximum absolute atomic E-state index is 10.9. The number of hydrogen-bond donors (Lipinski definition) is 2. The third-order valence-electron chi connectivity index (χ3n) is 1.90. The van der Waals surface area contributed by atoms with Crippen molar-refractivity contribution in [3.63, 3.8) is 0 Å². The summed E-state index contributed by atoms with van der Waals surface area (Å²) >= 11 is 0. The normalized spacial score (nSPS) is 12.2. The van der Waals surface area contributed by atoms with Crippen molar-refractivity contribution in [3.8, 4) is 11.5 Å². The zero-order valence-electron chi connectivity index (χ0n) is 8.02. The number of aliphatic hydroxyl groups is 1. The van der Waals surface area contributed by atoms with Gasteiger partial charge in [0.15, 0.2) is 17.3 Å². The van der Waals surface area contributed by atoms with Crippen LogP contribution in [0.2, 0.25) is 0 Å². The van der Waals surface area contributed by atoms with Crippen molar-refractivity contribution in [3.05, 3.63) is 23.8 Å². The predicted octanol–water partition coefficient (Wildman–Crippen LogP) is 1.02. The van der Waals surface area contributed by atoms with Crippen molar-refractivity contribution < 1.29 is 19.7 Å².